The van der Waals surface area contributed by atoms with Gasteiger partial charge < -0.3 is 4.90 Å². The zero-order valence-electron chi connectivity index (χ0n) is 18.9. The van der Waals surface area contributed by atoms with Gasteiger partial charge in [0.25, 0.3) is 5.91 Å². The predicted molar refractivity (Wildman–Crippen MR) is 130 cm³/mol. The van der Waals surface area contributed by atoms with Crippen molar-refractivity contribution < 1.29 is 9.59 Å². The monoisotopic (exact) mass is 440 g/mol. The van der Waals surface area contributed by atoms with Gasteiger partial charge >= 0.3 is 0 Å². The Labute approximate surface area is 194 Å². The second-order valence-corrected chi connectivity index (χ2v) is 8.76. The Morgan fingerprint density at radius 1 is 0.879 bits per heavy atom. The van der Waals surface area contributed by atoms with Gasteiger partial charge in [0.2, 0.25) is 5.91 Å². The van der Waals surface area contributed by atoms with Crippen LogP contribution in [0.4, 0.5) is 0 Å². The van der Waals surface area contributed by atoms with E-state index in [2.05, 4.69) is 47.4 Å². The van der Waals surface area contributed by atoms with Crippen molar-refractivity contribution in [2.75, 3.05) is 32.7 Å². The number of hydrogen-bond acceptors (Lipinski definition) is 4. The number of carbonyl (C=O) groups is 2. The fourth-order valence-electron chi connectivity index (χ4n) is 4.70. The van der Waals surface area contributed by atoms with E-state index in [1.807, 2.05) is 35.2 Å². The SMILES string of the molecule is CC(=O)N1CCN(CC(=O)N2N=C(c3ccc4ccccc4c3)C[C@@H]2c2ccccc2)CC1. The van der Waals surface area contributed by atoms with Gasteiger partial charge in [0.05, 0.1) is 18.3 Å². The van der Waals surface area contributed by atoms with E-state index in [0.717, 1.165) is 16.8 Å². The summed E-state index contributed by atoms with van der Waals surface area (Å²) in [6.45, 7) is 4.64. The van der Waals surface area contributed by atoms with Crippen LogP contribution in [0.5, 0.6) is 0 Å². The molecule has 6 nitrogen and oxygen atoms in total. The highest BCUT2D eigenvalue weighted by Crippen LogP contribution is 2.33. The first-order valence-corrected chi connectivity index (χ1v) is 11.5. The summed E-state index contributed by atoms with van der Waals surface area (Å²) in [5.74, 6) is 0.0882. The smallest absolute Gasteiger partial charge is 0.257 e. The average molecular weight is 441 g/mol. The minimum Gasteiger partial charge on any atom is -0.340 e. The second kappa shape index (κ2) is 9.16. The van der Waals surface area contributed by atoms with E-state index in [0.29, 0.717) is 39.1 Å². The molecule has 6 heteroatoms. The van der Waals surface area contributed by atoms with Gasteiger partial charge in [-0.3, -0.25) is 14.5 Å². The number of nitrogens with zero attached hydrogens (tertiary/aromatic N) is 4. The van der Waals surface area contributed by atoms with E-state index in [4.69, 9.17) is 5.10 Å². The van der Waals surface area contributed by atoms with Crippen molar-refractivity contribution in [2.45, 2.75) is 19.4 Å². The van der Waals surface area contributed by atoms with Gasteiger partial charge in [-0.15, -0.1) is 0 Å². The lowest BCUT2D eigenvalue weighted by Crippen LogP contribution is -2.50. The summed E-state index contributed by atoms with van der Waals surface area (Å²) in [6, 6.07) is 24.7. The molecule has 5 rings (SSSR count). The molecule has 2 aliphatic heterocycles. The van der Waals surface area contributed by atoms with Crippen LogP contribution < -0.4 is 0 Å². The third-order valence-electron chi connectivity index (χ3n) is 6.61. The lowest BCUT2D eigenvalue weighted by atomic mass is 9.97. The van der Waals surface area contributed by atoms with Crippen LogP contribution in [0.15, 0.2) is 77.9 Å². The van der Waals surface area contributed by atoms with Gasteiger partial charge in [0.15, 0.2) is 0 Å². The highest BCUT2D eigenvalue weighted by Gasteiger charge is 2.34. The summed E-state index contributed by atoms with van der Waals surface area (Å²) < 4.78 is 0. The Morgan fingerprint density at radius 2 is 1.58 bits per heavy atom. The molecule has 3 aromatic carbocycles. The molecule has 3 aromatic rings. The van der Waals surface area contributed by atoms with Gasteiger partial charge in [0.1, 0.15) is 0 Å². The topological polar surface area (TPSA) is 56.2 Å². The third kappa shape index (κ3) is 4.52. The number of rotatable bonds is 4. The number of amides is 2. The van der Waals surface area contributed by atoms with Crippen LogP contribution in [0.2, 0.25) is 0 Å². The van der Waals surface area contributed by atoms with Crippen molar-refractivity contribution in [1.29, 1.82) is 0 Å². The summed E-state index contributed by atoms with van der Waals surface area (Å²) in [7, 11) is 0. The van der Waals surface area contributed by atoms with Crippen LogP contribution >= 0.6 is 0 Å². The molecule has 2 aliphatic rings. The average Bonchev–Trinajstić information content (AvgIpc) is 3.30. The molecule has 168 valence electrons. The summed E-state index contributed by atoms with van der Waals surface area (Å²) in [5.41, 5.74) is 3.08. The van der Waals surface area contributed by atoms with E-state index in [9.17, 15) is 9.59 Å². The van der Waals surface area contributed by atoms with E-state index >= 15 is 0 Å². The Hall–Kier alpha value is -3.51. The maximum Gasteiger partial charge on any atom is 0.257 e. The molecule has 0 N–H and O–H groups in total. The largest absolute Gasteiger partial charge is 0.340 e. The number of carbonyl (C=O) groups excluding carboxylic acids is 2. The molecule has 0 saturated carbocycles. The first-order chi connectivity index (χ1) is 16.1. The van der Waals surface area contributed by atoms with Crippen LogP contribution in [0.3, 0.4) is 0 Å². The third-order valence-corrected chi connectivity index (χ3v) is 6.61. The molecule has 0 unspecified atom stereocenters. The Kier molecular flexibility index (Phi) is 5.92. The maximum absolute atomic E-state index is 13.4. The summed E-state index contributed by atoms with van der Waals surface area (Å²) in [4.78, 5) is 29.0. The summed E-state index contributed by atoms with van der Waals surface area (Å²) in [5, 5.41) is 8.88. The molecule has 2 amide bonds. The van der Waals surface area contributed by atoms with Crippen LogP contribution in [0.25, 0.3) is 10.8 Å². The lowest BCUT2D eigenvalue weighted by molar-refractivity contribution is -0.135. The van der Waals surface area contributed by atoms with Crippen molar-refractivity contribution in [3.63, 3.8) is 0 Å². The standard InChI is InChI=1S/C27H28N4O2/c1-20(32)30-15-13-29(14-16-30)19-27(33)31-26(22-8-3-2-4-9-22)18-25(28-31)24-12-11-21-7-5-6-10-23(21)17-24/h2-12,17,26H,13-16,18-19H2,1H3/t26-/m1/s1. The molecule has 33 heavy (non-hydrogen) atoms. The first-order valence-electron chi connectivity index (χ1n) is 11.5. The Balaban J connectivity index is 1.39. The van der Waals surface area contributed by atoms with Crippen molar-refractivity contribution in [1.82, 2.24) is 14.8 Å². The maximum atomic E-state index is 13.4. The van der Waals surface area contributed by atoms with E-state index in [1.54, 1.807) is 11.9 Å². The van der Waals surface area contributed by atoms with Crippen LogP contribution in [0.1, 0.15) is 30.5 Å². The number of hydrazone groups is 1. The fourth-order valence-corrected chi connectivity index (χ4v) is 4.70. The van der Waals surface area contributed by atoms with E-state index < -0.39 is 0 Å². The molecular weight excluding hydrogens is 412 g/mol. The Morgan fingerprint density at radius 3 is 2.30 bits per heavy atom. The summed E-state index contributed by atoms with van der Waals surface area (Å²) >= 11 is 0. The predicted octanol–water partition coefficient (Wildman–Crippen LogP) is 3.68. The van der Waals surface area contributed by atoms with Crippen molar-refractivity contribution >= 4 is 28.3 Å². The first kappa shape index (κ1) is 21.3. The number of benzene rings is 3. The van der Waals surface area contributed by atoms with E-state index in [1.165, 1.54) is 10.8 Å². The molecule has 2 heterocycles. The molecule has 1 saturated heterocycles. The number of piperazine rings is 1. The second-order valence-electron chi connectivity index (χ2n) is 8.76. The Bertz CT molecular complexity index is 1200. The number of hydrogen-bond donors (Lipinski definition) is 0. The molecule has 1 atom stereocenters. The molecule has 0 spiro atoms. The van der Waals surface area contributed by atoms with Crippen molar-refractivity contribution in [2.24, 2.45) is 5.10 Å². The van der Waals surface area contributed by atoms with Gasteiger partial charge in [-0.1, -0.05) is 66.7 Å². The minimum atomic E-state index is -0.112. The van der Waals surface area contributed by atoms with Crippen molar-refractivity contribution in [3.8, 4) is 0 Å². The quantitative estimate of drug-likeness (QED) is 0.622. The van der Waals surface area contributed by atoms with Gasteiger partial charge in [0, 0.05) is 39.5 Å². The fraction of sp³-hybridized carbons (Fsp3) is 0.296. The molecule has 0 bridgehead atoms. The lowest BCUT2D eigenvalue weighted by Gasteiger charge is -2.34. The molecule has 0 aromatic heterocycles. The zero-order chi connectivity index (χ0) is 22.8. The van der Waals surface area contributed by atoms with Gasteiger partial charge in [-0.2, -0.15) is 5.10 Å². The molecular formula is C27H28N4O2. The van der Waals surface area contributed by atoms with Crippen molar-refractivity contribution in [3.05, 3.63) is 83.9 Å². The van der Waals surface area contributed by atoms with Crippen LogP contribution in [-0.4, -0.2) is 65.1 Å². The molecule has 0 aliphatic carbocycles. The van der Waals surface area contributed by atoms with Crippen LogP contribution in [-0.2, 0) is 9.59 Å². The van der Waals surface area contributed by atoms with Crippen LogP contribution in [0, 0.1) is 0 Å². The van der Waals surface area contributed by atoms with E-state index in [-0.39, 0.29) is 17.9 Å². The van der Waals surface area contributed by atoms with Gasteiger partial charge in [-0.05, 0) is 28.0 Å². The minimum absolute atomic E-state index is 0.00378. The number of fused-ring (bicyclic) bond motifs is 1. The highest BCUT2D eigenvalue weighted by molar-refractivity contribution is 6.05. The highest BCUT2D eigenvalue weighted by atomic mass is 16.2. The normalized spacial score (nSPS) is 19.1. The molecule has 0 radical (unpaired) electrons. The van der Waals surface area contributed by atoms with Gasteiger partial charge in [-0.25, -0.2) is 5.01 Å². The summed E-state index contributed by atoms with van der Waals surface area (Å²) in [6.07, 6.45) is 0.687. The zero-order valence-corrected chi connectivity index (χ0v) is 18.9. The molecule has 1 fully saturated rings.